The van der Waals surface area contributed by atoms with Gasteiger partial charge in [-0.05, 0) is 37.8 Å². The van der Waals surface area contributed by atoms with E-state index in [-0.39, 0.29) is 6.54 Å². The molecule has 1 aromatic rings. The topological polar surface area (TPSA) is 44.6 Å². The maximum absolute atomic E-state index is 11.0. The Labute approximate surface area is 125 Å². The van der Waals surface area contributed by atoms with Gasteiger partial charge >= 0.3 is 0 Å². The van der Waals surface area contributed by atoms with E-state index in [2.05, 4.69) is 0 Å². The molecule has 1 aliphatic carbocycles. The van der Waals surface area contributed by atoms with Crippen molar-refractivity contribution in [3.05, 3.63) is 34.9 Å². The molecule has 0 bridgehead atoms. The molecule has 1 unspecified atom stereocenters. The fraction of sp³-hybridized carbons (Fsp3) is 0.562. The summed E-state index contributed by atoms with van der Waals surface area (Å²) in [5.41, 5.74) is 1.13. The second kappa shape index (κ2) is 7.65. The van der Waals surface area contributed by atoms with Crippen LogP contribution in [0.4, 0.5) is 0 Å². The van der Waals surface area contributed by atoms with Gasteiger partial charge in [-0.25, -0.2) is 0 Å². The Morgan fingerprint density at radius 1 is 1.15 bits per heavy atom. The predicted molar refractivity (Wildman–Crippen MR) is 77.5 cm³/mol. The minimum atomic E-state index is -0.960. The van der Waals surface area contributed by atoms with E-state index in [0.29, 0.717) is 11.1 Å². The first-order chi connectivity index (χ1) is 9.65. The largest absolute Gasteiger partial charge is 0.544 e. The van der Waals surface area contributed by atoms with Crippen molar-refractivity contribution < 1.29 is 14.8 Å². The number of carboxylic acids is 1. The second-order valence-corrected chi connectivity index (χ2v) is 6.14. The molecule has 0 spiro atoms. The predicted octanol–water partition coefficient (Wildman–Crippen LogP) is 1.20. The van der Waals surface area contributed by atoms with Crippen molar-refractivity contribution in [3.8, 4) is 0 Å². The number of carbonyl (C=O) groups is 1. The maximum atomic E-state index is 11.0. The Morgan fingerprint density at radius 3 is 2.30 bits per heavy atom. The maximum Gasteiger partial charge on any atom is 0.118 e. The zero-order chi connectivity index (χ0) is 14.4. The minimum Gasteiger partial charge on any atom is -0.544 e. The van der Waals surface area contributed by atoms with E-state index in [0.717, 1.165) is 29.8 Å². The van der Waals surface area contributed by atoms with Crippen LogP contribution in [0.25, 0.3) is 0 Å². The molecule has 0 heterocycles. The summed E-state index contributed by atoms with van der Waals surface area (Å²) in [5.74, 6) is -0.960. The highest BCUT2D eigenvalue weighted by atomic mass is 35.5. The lowest BCUT2D eigenvalue weighted by atomic mass is 10.1. The van der Waals surface area contributed by atoms with Crippen LogP contribution in [0, 0.1) is 0 Å². The summed E-state index contributed by atoms with van der Waals surface area (Å²) in [6.45, 7) is 0.823. The lowest BCUT2D eigenvalue weighted by molar-refractivity contribution is -0.934. The van der Waals surface area contributed by atoms with E-state index in [1.807, 2.05) is 24.3 Å². The number of nitrogens with one attached hydrogen (secondary N) is 1. The first kappa shape index (κ1) is 15.3. The van der Waals surface area contributed by atoms with Crippen LogP contribution in [-0.4, -0.2) is 18.6 Å². The Bertz CT molecular complexity index is 425. The number of carboxylic acid groups (broad SMARTS) is 1. The van der Waals surface area contributed by atoms with Crippen LogP contribution in [0.5, 0.6) is 0 Å². The molecular weight excluding hydrogens is 274 g/mol. The molecule has 0 aromatic heterocycles. The van der Waals surface area contributed by atoms with Crippen molar-refractivity contribution in [3.63, 3.8) is 0 Å². The van der Waals surface area contributed by atoms with E-state index in [1.54, 1.807) is 0 Å². The molecular formula is C16H22ClNO2. The summed E-state index contributed by atoms with van der Waals surface area (Å²) < 4.78 is 0. The molecule has 0 radical (unpaired) electrons. The van der Waals surface area contributed by atoms with E-state index >= 15 is 0 Å². The highest BCUT2D eigenvalue weighted by molar-refractivity contribution is 6.30. The summed E-state index contributed by atoms with van der Waals surface area (Å²) >= 11 is 5.89. The average Bonchev–Trinajstić information content (AvgIpc) is 2.69. The lowest BCUT2D eigenvalue weighted by Crippen LogP contribution is -3.15. The van der Waals surface area contributed by atoms with Crippen LogP contribution in [0.1, 0.15) is 44.1 Å². The van der Waals surface area contributed by atoms with Crippen molar-refractivity contribution in [2.75, 3.05) is 6.54 Å². The summed E-state index contributed by atoms with van der Waals surface area (Å²) in [4.78, 5) is 12.1. The van der Waals surface area contributed by atoms with Crippen LogP contribution in [-0.2, 0) is 11.3 Å². The van der Waals surface area contributed by atoms with E-state index in [9.17, 15) is 9.90 Å². The summed E-state index contributed by atoms with van der Waals surface area (Å²) in [7, 11) is 0. The van der Waals surface area contributed by atoms with Crippen LogP contribution in [0.15, 0.2) is 24.3 Å². The third-order valence-electron chi connectivity index (χ3n) is 4.15. The highest BCUT2D eigenvalue weighted by Crippen LogP contribution is 2.16. The van der Waals surface area contributed by atoms with Crippen LogP contribution >= 0.6 is 11.6 Å². The summed E-state index contributed by atoms with van der Waals surface area (Å²) in [6.07, 6.45) is 7.21. The van der Waals surface area contributed by atoms with Gasteiger partial charge in [0.1, 0.15) is 13.1 Å². The van der Waals surface area contributed by atoms with E-state index in [1.165, 1.54) is 25.7 Å². The van der Waals surface area contributed by atoms with Gasteiger partial charge in [-0.3, -0.25) is 0 Å². The van der Waals surface area contributed by atoms with Gasteiger partial charge in [-0.15, -0.1) is 0 Å². The average molecular weight is 296 g/mol. The fourth-order valence-corrected chi connectivity index (χ4v) is 3.21. The molecule has 1 saturated carbocycles. The van der Waals surface area contributed by atoms with Gasteiger partial charge in [0.05, 0.1) is 12.0 Å². The number of quaternary nitrogens is 1. The number of carbonyl (C=O) groups excluding carboxylic acids is 1. The Kier molecular flexibility index (Phi) is 5.86. The number of aliphatic carboxylic acids is 1. The molecule has 1 atom stereocenters. The normalized spacial score (nSPS) is 18.4. The molecule has 20 heavy (non-hydrogen) atoms. The first-order valence-corrected chi connectivity index (χ1v) is 7.82. The zero-order valence-electron chi connectivity index (χ0n) is 11.7. The minimum absolute atomic E-state index is 0.0906. The van der Waals surface area contributed by atoms with Crippen molar-refractivity contribution in [1.82, 2.24) is 0 Å². The Morgan fingerprint density at radius 2 is 1.75 bits per heavy atom. The molecule has 0 saturated heterocycles. The van der Waals surface area contributed by atoms with Crippen LogP contribution in [0.3, 0.4) is 0 Å². The van der Waals surface area contributed by atoms with Crippen LogP contribution in [0.2, 0.25) is 5.02 Å². The number of benzene rings is 1. The van der Waals surface area contributed by atoms with E-state index in [4.69, 9.17) is 11.6 Å². The smallest absolute Gasteiger partial charge is 0.118 e. The summed E-state index contributed by atoms with van der Waals surface area (Å²) in [5, 5.41) is 11.7. The van der Waals surface area contributed by atoms with Gasteiger partial charge in [0.2, 0.25) is 0 Å². The molecule has 1 N–H and O–H groups in total. The highest BCUT2D eigenvalue weighted by Gasteiger charge is 2.23. The molecule has 0 aliphatic heterocycles. The van der Waals surface area contributed by atoms with Gasteiger partial charge in [0, 0.05) is 10.6 Å². The van der Waals surface area contributed by atoms with E-state index < -0.39 is 5.97 Å². The standard InChI is InChI=1S/C16H22ClNO2/c17-14-9-7-13(8-10-14)11-18(12-16(19)20)15-5-3-1-2-4-6-15/h7-10,15H,1-6,11-12H2,(H,19,20). The fourth-order valence-electron chi connectivity index (χ4n) is 3.09. The van der Waals surface area contributed by atoms with Gasteiger partial charge in [0.15, 0.2) is 0 Å². The third kappa shape index (κ3) is 4.80. The Hall–Kier alpha value is -1.06. The van der Waals surface area contributed by atoms with Crippen molar-refractivity contribution >= 4 is 17.6 Å². The van der Waals surface area contributed by atoms with Gasteiger partial charge in [0.25, 0.3) is 0 Å². The molecule has 4 heteroatoms. The number of rotatable bonds is 5. The monoisotopic (exact) mass is 295 g/mol. The van der Waals surface area contributed by atoms with Crippen molar-refractivity contribution in [2.24, 2.45) is 0 Å². The molecule has 3 nitrogen and oxygen atoms in total. The quantitative estimate of drug-likeness (QED) is 0.830. The van der Waals surface area contributed by atoms with Crippen molar-refractivity contribution in [1.29, 1.82) is 0 Å². The van der Waals surface area contributed by atoms with Gasteiger partial charge in [-0.1, -0.05) is 36.6 Å². The molecule has 1 aromatic carbocycles. The SMILES string of the molecule is O=C([O-])C[NH+](Cc1ccc(Cl)cc1)C1CCCCCC1. The Balaban J connectivity index is 2.05. The van der Waals surface area contributed by atoms with Gasteiger partial charge in [-0.2, -0.15) is 0 Å². The molecule has 0 amide bonds. The second-order valence-electron chi connectivity index (χ2n) is 5.70. The zero-order valence-corrected chi connectivity index (χ0v) is 12.5. The van der Waals surface area contributed by atoms with Crippen LogP contribution < -0.4 is 10.0 Å². The molecule has 1 aliphatic rings. The molecule has 1 fully saturated rings. The number of hydrogen-bond donors (Lipinski definition) is 1. The lowest BCUT2D eigenvalue weighted by Gasteiger charge is -2.28. The number of hydrogen-bond acceptors (Lipinski definition) is 2. The van der Waals surface area contributed by atoms with Gasteiger partial charge < -0.3 is 14.8 Å². The third-order valence-corrected chi connectivity index (χ3v) is 4.40. The summed E-state index contributed by atoms with van der Waals surface area (Å²) in [6, 6.07) is 8.12. The molecule has 2 rings (SSSR count). The van der Waals surface area contributed by atoms with Crippen molar-refractivity contribution in [2.45, 2.75) is 51.1 Å². The molecule has 110 valence electrons. The first-order valence-electron chi connectivity index (χ1n) is 7.44. The number of halogens is 1.